The molecule has 0 radical (unpaired) electrons. The quantitative estimate of drug-likeness (QED) is 0.779. The molecule has 0 aromatic heterocycles. The summed E-state index contributed by atoms with van der Waals surface area (Å²) < 4.78 is 5.78. The molecule has 2 fully saturated rings. The Bertz CT molecular complexity index is 354. The first-order chi connectivity index (χ1) is 8.36. The van der Waals surface area contributed by atoms with Gasteiger partial charge in [0.05, 0.1) is 6.61 Å². The zero-order valence-corrected chi connectivity index (χ0v) is 10.3. The number of hydrogen-bond acceptors (Lipinski definition) is 2. The highest BCUT2D eigenvalue weighted by Gasteiger charge is 2.42. The molecule has 2 aliphatic rings. The maximum atomic E-state index is 5.78. The van der Waals surface area contributed by atoms with E-state index in [0.717, 1.165) is 18.4 Å². The van der Waals surface area contributed by atoms with Crippen molar-refractivity contribution in [3.05, 3.63) is 30.3 Å². The van der Waals surface area contributed by atoms with E-state index in [0.29, 0.717) is 5.41 Å². The first-order valence-electron chi connectivity index (χ1n) is 6.78. The second-order valence-electron chi connectivity index (χ2n) is 5.57. The molecule has 0 heterocycles. The lowest BCUT2D eigenvalue weighted by Gasteiger charge is -2.16. The van der Waals surface area contributed by atoms with Crippen molar-refractivity contribution in [3.8, 4) is 5.75 Å². The number of nitrogens with one attached hydrogen (secondary N) is 1. The van der Waals surface area contributed by atoms with Crippen LogP contribution in [-0.4, -0.2) is 19.2 Å². The van der Waals surface area contributed by atoms with Crippen LogP contribution in [0.2, 0.25) is 0 Å². The Hall–Kier alpha value is -1.02. The molecule has 0 atom stereocenters. The predicted octanol–water partition coefficient (Wildman–Crippen LogP) is 2.99. The van der Waals surface area contributed by atoms with Gasteiger partial charge >= 0.3 is 0 Å². The number of rotatable bonds is 7. The van der Waals surface area contributed by atoms with Gasteiger partial charge in [0, 0.05) is 12.6 Å². The van der Waals surface area contributed by atoms with Gasteiger partial charge in [-0.1, -0.05) is 18.2 Å². The van der Waals surface area contributed by atoms with Crippen LogP contribution in [0.3, 0.4) is 0 Å². The zero-order valence-electron chi connectivity index (χ0n) is 10.3. The average molecular weight is 231 g/mol. The molecule has 0 amide bonds. The molecule has 0 saturated heterocycles. The summed E-state index contributed by atoms with van der Waals surface area (Å²) in [5.74, 6) is 0.999. The van der Waals surface area contributed by atoms with E-state index in [1.807, 2.05) is 30.3 Å². The average Bonchev–Trinajstić information content (AvgIpc) is 3.25. The van der Waals surface area contributed by atoms with Gasteiger partial charge in [-0.2, -0.15) is 0 Å². The van der Waals surface area contributed by atoms with Crippen LogP contribution in [0.4, 0.5) is 0 Å². The van der Waals surface area contributed by atoms with Crippen molar-refractivity contribution in [3.63, 3.8) is 0 Å². The van der Waals surface area contributed by atoms with Gasteiger partial charge in [-0.25, -0.2) is 0 Å². The topological polar surface area (TPSA) is 21.3 Å². The number of benzene rings is 1. The summed E-state index contributed by atoms with van der Waals surface area (Å²) in [4.78, 5) is 0. The van der Waals surface area contributed by atoms with E-state index in [-0.39, 0.29) is 0 Å². The zero-order chi connectivity index (χ0) is 11.6. The van der Waals surface area contributed by atoms with Gasteiger partial charge in [0.1, 0.15) is 5.75 Å². The maximum Gasteiger partial charge on any atom is 0.119 e. The van der Waals surface area contributed by atoms with E-state index in [1.165, 1.54) is 38.6 Å². The number of ether oxygens (including phenoxy) is 1. The summed E-state index contributed by atoms with van der Waals surface area (Å²) in [6.07, 6.45) is 6.73. The third kappa shape index (κ3) is 3.22. The normalized spacial score (nSPS) is 21.2. The smallest absolute Gasteiger partial charge is 0.119 e. The number of hydrogen-bond donors (Lipinski definition) is 1. The third-order valence-corrected chi connectivity index (χ3v) is 3.94. The molecular formula is C15H21NO. The summed E-state index contributed by atoms with van der Waals surface area (Å²) in [6, 6.07) is 11.0. The summed E-state index contributed by atoms with van der Waals surface area (Å²) in [5, 5.41) is 3.65. The van der Waals surface area contributed by atoms with Crippen LogP contribution in [0, 0.1) is 5.41 Å². The van der Waals surface area contributed by atoms with Gasteiger partial charge < -0.3 is 10.1 Å². The highest BCUT2D eigenvalue weighted by Crippen LogP contribution is 2.48. The standard InChI is InChI=1S/C15H21NO/c1-2-4-14(5-3-1)17-11-10-15(8-9-15)12-16-13-6-7-13/h1-5,13,16H,6-12H2. The summed E-state index contributed by atoms with van der Waals surface area (Å²) in [7, 11) is 0. The molecular weight excluding hydrogens is 210 g/mol. The van der Waals surface area contributed by atoms with E-state index in [1.54, 1.807) is 0 Å². The van der Waals surface area contributed by atoms with Crippen molar-refractivity contribution in [2.24, 2.45) is 5.41 Å². The lowest BCUT2D eigenvalue weighted by Crippen LogP contribution is -2.27. The highest BCUT2D eigenvalue weighted by molar-refractivity contribution is 5.20. The maximum absolute atomic E-state index is 5.78. The van der Waals surface area contributed by atoms with Gasteiger partial charge in [-0.15, -0.1) is 0 Å². The molecule has 2 heteroatoms. The van der Waals surface area contributed by atoms with Gasteiger partial charge in [0.25, 0.3) is 0 Å². The van der Waals surface area contributed by atoms with Crippen molar-refractivity contribution in [2.45, 2.75) is 38.1 Å². The fraction of sp³-hybridized carbons (Fsp3) is 0.600. The van der Waals surface area contributed by atoms with Gasteiger partial charge in [0.2, 0.25) is 0 Å². The van der Waals surface area contributed by atoms with Crippen LogP contribution in [0.1, 0.15) is 32.1 Å². The molecule has 2 aliphatic carbocycles. The minimum Gasteiger partial charge on any atom is -0.494 e. The lowest BCUT2D eigenvalue weighted by molar-refractivity contribution is 0.264. The first kappa shape index (κ1) is 11.1. The fourth-order valence-electron chi connectivity index (χ4n) is 2.24. The molecule has 1 aromatic rings. The van der Waals surface area contributed by atoms with Crippen molar-refractivity contribution in [1.29, 1.82) is 0 Å². The van der Waals surface area contributed by atoms with E-state index in [9.17, 15) is 0 Å². The van der Waals surface area contributed by atoms with E-state index >= 15 is 0 Å². The Labute approximate surface area is 103 Å². The summed E-state index contributed by atoms with van der Waals surface area (Å²) in [6.45, 7) is 2.06. The molecule has 0 bridgehead atoms. The second kappa shape index (κ2) is 4.69. The Kier molecular flexibility index (Phi) is 3.06. The third-order valence-electron chi connectivity index (χ3n) is 3.94. The van der Waals surface area contributed by atoms with Gasteiger partial charge in [0.15, 0.2) is 0 Å². The second-order valence-corrected chi connectivity index (χ2v) is 5.57. The van der Waals surface area contributed by atoms with Crippen molar-refractivity contribution in [1.82, 2.24) is 5.32 Å². The molecule has 0 aliphatic heterocycles. The van der Waals surface area contributed by atoms with Crippen LogP contribution in [-0.2, 0) is 0 Å². The van der Waals surface area contributed by atoms with Crippen LogP contribution in [0.5, 0.6) is 5.75 Å². The van der Waals surface area contributed by atoms with Crippen LogP contribution < -0.4 is 10.1 Å². The summed E-state index contributed by atoms with van der Waals surface area (Å²) in [5.41, 5.74) is 0.567. The summed E-state index contributed by atoms with van der Waals surface area (Å²) >= 11 is 0. The van der Waals surface area contributed by atoms with Crippen LogP contribution in [0.15, 0.2) is 30.3 Å². The Morgan fingerprint density at radius 1 is 1.18 bits per heavy atom. The molecule has 0 spiro atoms. The van der Waals surface area contributed by atoms with Gasteiger partial charge in [-0.3, -0.25) is 0 Å². The van der Waals surface area contributed by atoms with Crippen LogP contribution >= 0.6 is 0 Å². The largest absolute Gasteiger partial charge is 0.494 e. The molecule has 92 valence electrons. The molecule has 0 unspecified atom stereocenters. The molecule has 2 nitrogen and oxygen atoms in total. The van der Waals surface area contributed by atoms with Crippen molar-refractivity contribution >= 4 is 0 Å². The number of para-hydroxylation sites is 1. The van der Waals surface area contributed by atoms with E-state index < -0.39 is 0 Å². The molecule has 1 N–H and O–H groups in total. The van der Waals surface area contributed by atoms with E-state index in [4.69, 9.17) is 4.74 Å². The van der Waals surface area contributed by atoms with E-state index in [2.05, 4.69) is 5.32 Å². The van der Waals surface area contributed by atoms with Crippen molar-refractivity contribution in [2.75, 3.05) is 13.2 Å². The molecule has 1 aromatic carbocycles. The Morgan fingerprint density at radius 3 is 2.59 bits per heavy atom. The van der Waals surface area contributed by atoms with Crippen molar-refractivity contribution < 1.29 is 4.74 Å². The molecule has 2 saturated carbocycles. The highest BCUT2D eigenvalue weighted by atomic mass is 16.5. The molecule has 17 heavy (non-hydrogen) atoms. The molecule has 3 rings (SSSR count). The monoisotopic (exact) mass is 231 g/mol. The Balaban J connectivity index is 1.38. The minimum absolute atomic E-state index is 0.567. The van der Waals surface area contributed by atoms with Crippen LogP contribution in [0.25, 0.3) is 0 Å². The predicted molar refractivity (Wildman–Crippen MR) is 69.2 cm³/mol. The lowest BCUT2D eigenvalue weighted by atomic mass is 10.0. The fourth-order valence-corrected chi connectivity index (χ4v) is 2.24. The Morgan fingerprint density at radius 2 is 1.94 bits per heavy atom. The SMILES string of the molecule is c1ccc(OCCC2(CNC3CC3)CC2)cc1. The minimum atomic E-state index is 0.567. The van der Waals surface area contributed by atoms with Gasteiger partial charge in [-0.05, 0) is 49.7 Å². The first-order valence-corrected chi connectivity index (χ1v) is 6.78.